The van der Waals surface area contributed by atoms with Crippen molar-refractivity contribution in [3.63, 3.8) is 0 Å². The van der Waals surface area contributed by atoms with E-state index in [1.165, 1.54) is 0 Å². The number of hydrogen-bond donors (Lipinski definition) is 1. The highest BCUT2D eigenvalue weighted by atomic mass is 35.5. The minimum absolute atomic E-state index is 0.430. The lowest BCUT2D eigenvalue weighted by Gasteiger charge is -2.08. The molecule has 126 valence electrons. The molecule has 0 amide bonds. The van der Waals surface area contributed by atoms with Gasteiger partial charge in [0.1, 0.15) is 17.3 Å². The van der Waals surface area contributed by atoms with Crippen LogP contribution in [0.25, 0.3) is 12.7 Å². The molecule has 0 saturated heterocycles. The molecule has 0 fully saturated rings. The van der Waals surface area contributed by atoms with E-state index in [0.717, 1.165) is 0 Å². The van der Waals surface area contributed by atoms with E-state index in [1.54, 1.807) is 57.7 Å². The summed E-state index contributed by atoms with van der Waals surface area (Å²) in [5.41, 5.74) is 6.20. The van der Waals surface area contributed by atoms with Crippen LogP contribution in [0.1, 0.15) is 6.92 Å². The summed E-state index contributed by atoms with van der Waals surface area (Å²) >= 11 is 6.01. The summed E-state index contributed by atoms with van der Waals surface area (Å²) in [6, 6.07) is 6.79. The van der Waals surface area contributed by atoms with Crippen LogP contribution in [0, 0.1) is 0 Å². The Bertz CT molecular complexity index is 878. The maximum absolute atomic E-state index is 6.01. The number of nitrogens with two attached hydrogens (primary N) is 1. The molecular formula is C18H19ClN2O3. The van der Waals surface area contributed by atoms with Gasteiger partial charge < -0.3 is 19.9 Å². The SMILES string of the molecule is C=c1c(Oc2ccc(N)c(Cl)c2)ccn/c1=C/C(OC)=C(\C)OC. The molecule has 24 heavy (non-hydrogen) atoms. The first-order chi connectivity index (χ1) is 11.5. The van der Waals surface area contributed by atoms with Crippen LogP contribution in [0.4, 0.5) is 5.69 Å². The molecule has 0 bridgehead atoms. The van der Waals surface area contributed by atoms with Gasteiger partial charge in [-0.05, 0) is 25.1 Å². The fourth-order valence-electron chi connectivity index (χ4n) is 1.94. The average Bonchev–Trinajstić information content (AvgIpc) is 2.58. The number of pyridine rings is 1. The highest BCUT2D eigenvalue weighted by Crippen LogP contribution is 2.26. The minimum atomic E-state index is 0.430. The van der Waals surface area contributed by atoms with Crippen LogP contribution in [0.15, 0.2) is 42.0 Å². The lowest BCUT2D eigenvalue weighted by atomic mass is 10.2. The quantitative estimate of drug-likeness (QED) is 0.666. The van der Waals surface area contributed by atoms with Crippen LogP contribution >= 0.6 is 11.6 Å². The second-order valence-electron chi connectivity index (χ2n) is 4.93. The van der Waals surface area contributed by atoms with Gasteiger partial charge in [-0.1, -0.05) is 18.2 Å². The third kappa shape index (κ3) is 4.00. The molecule has 2 N–H and O–H groups in total. The number of hydrogen-bond acceptors (Lipinski definition) is 5. The Labute approximate surface area is 145 Å². The van der Waals surface area contributed by atoms with Crippen LogP contribution < -0.4 is 21.0 Å². The zero-order chi connectivity index (χ0) is 17.7. The maximum atomic E-state index is 6.01. The summed E-state index contributed by atoms with van der Waals surface area (Å²) in [6.45, 7) is 5.83. The van der Waals surface area contributed by atoms with E-state index in [-0.39, 0.29) is 0 Å². The van der Waals surface area contributed by atoms with Crippen molar-refractivity contribution in [3.8, 4) is 11.5 Å². The van der Waals surface area contributed by atoms with Gasteiger partial charge in [0.2, 0.25) is 0 Å². The highest BCUT2D eigenvalue weighted by molar-refractivity contribution is 6.33. The molecule has 0 saturated carbocycles. The molecule has 0 aliphatic heterocycles. The number of halogens is 1. The number of ether oxygens (including phenoxy) is 3. The number of benzene rings is 1. The second kappa shape index (κ2) is 7.75. The molecule has 1 heterocycles. The van der Waals surface area contributed by atoms with Gasteiger partial charge in [0, 0.05) is 23.6 Å². The Hall–Kier alpha value is -2.66. The van der Waals surface area contributed by atoms with Crippen molar-refractivity contribution < 1.29 is 14.2 Å². The molecule has 0 aliphatic carbocycles. The summed E-state index contributed by atoms with van der Waals surface area (Å²) in [6.07, 6.45) is 3.37. The van der Waals surface area contributed by atoms with E-state index in [2.05, 4.69) is 11.6 Å². The van der Waals surface area contributed by atoms with Crippen molar-refractivity contribution in [1.29, 1.82) is 0 Å². The summed E-state index contributed by atoms with van der Waals surface area (Å²) in [5, 5.41) is 1.66. The number of allylic oxidation sites excluding steroid dienone is 2. The Balaban J connectivity index is 2.44. The standard InChI is InChI=1S/C18H19ClN2O3/c1-11-16(10-18(23-4)12(2)22-3)21-8-7-17(11)24-13-5-6-15(20)14(19)9-13/h5-10H,1,20H2,2-4H3/b16-10+,18-12-. The lowest BCUT2D eigenvalue weighted by Crippen LogP contribution is -2.28. The lowest BCUT2D eigenvalue weighted by molar-refractivity contribution is 0.236. The first kappa shape index (κ1) is 17.7. The monoisotopic (exact) mass is 346 g/mol. The van der Waals surface area contributed by atoms with E-state index in [1.807, 2.05) is 0 Å². The number of nitrogen functional groups attached to an aromatic ring is 1. The van der Waals surface area contributed by atoms with Crippen LogP contribution in [-0.4, -0.2) is 19.2 Å². The summed E-state index contributed by atoms with van der Waals surface area (Å²) < 4.78 is 16.3. The molecule has 1 aromatic carbocycles. The summed E-state index contributed by atoms with van der Waals surface area (Å²) in [7, 11) is 3.14. The van der Waals surface area contributed by atoms with Crippen LogP contribution in [0.5, 0.6) is 11.5 Å². The number of methoxy groups -OCH3 is 2. The molecule has 2 rings (SSSR count). The molecule has 1 aromatic heterocycles. The molecule has 2 aromatic rings. The van der Waals surface area contributed by atoms with Gasteiger partial charge in [-0.15, -0.1) is 0 Å². The zero-order valence-electron chi connectivity index (χ0n) is 13.8. The normalized spacial score (nSPS) is 12.6. The Morgan fingerprint density at radius 2 is 2.00 bits per heavy atom. The first-order valence-electron chi connectivity index (χ1n) is 7.13. The first-order valence-corrected chi connectivity index (χ1v) is 7.51. The molecule has 5 nitrogen and oxygen atoms in total. The van der Waals surface area contributed by atoms with E-state index in [0.29, 0.717) is 44.3 Å². The number of rotatable bonds is 5. The van der Waals surface area contributed by atoms with Crippen molar-refractivity contribution >= 4 is 29.9 Å². The fourth-order valence-corrected chi connectivity index (χ4v) is 2.11. The van der Waals surface area contributed by atoms with Crippen molar-refractivity contribution in [3.05, 3.63) is 57.6 Å². The zero-order valence-corrected chi connectivity index (χ0v) is 14.6. The average molecular weight is 347 g/mol. The van der Waals surface area contributed by atoms with E-state index in [9.17, 15) is 0 Å². The van der Waals surface area contributed by atoms with Gasteiger partial charge in [-0.25, -0.2) is 0 Å². The Kier molecular flexibility index (Phi) is 5.71. The van der Waals surface area contributed by atoms with E-state index < -0.39 is 0 Å². The van der Waals surface area contributed by atoms with E-state index in [4.69, 9.17) is 31.5 Å². The molecule has 0 unspecified atom stereocenters. The molecule has 0 radical (unpaired) electrons. The molecule has 0 atom stereocenters. The summed E-state index contributed by atoms with van der Waals surface area (Å²) in [4.78, 5) is 4.30. The van der Waals surface area contributed by atoms with Gasteiger partial charge in [-0.2, -0.15) is 0 Å². The van der Waals surface area contributed by atoms with Crippen molar-refractivity contribution in [2.75, 3.05) is 20.0 Å². The van der Waals surface area contributed by atoms with Gasteiger partial charge >= 0.3 is 0 Å². The van der Waals surface area contributed by atoms with Crippen LogP contribution in [-0.2, 0) is 9.47 Å². The molecule has 0 spiro atoms. The number of nitrogens with zero attached hydrogens (tertiary/aromatic N) is 1. The van der Waals surface area contributed by atoms with Crippen molar-refractivity contribution in [1.82, 2.24) is 4.98 Å². The van der Waals surface area contributed by atoms with Gasteiger partial charge in [0.25, 0.3) is 0 Å². The minimum Gasteiger partial charge on any atom is -0.498 e. The smallest absolute Gasteiger partial charge is 0.158 e. The Morgan fingerprint density at radius 1 is 1.25 bits per heavy atom. The second-order valence-corrected chi connectivity index (χ2v) is 5.34. The van der Waals surface area contributed by atoms with Crippen molar-refractivity contribution in [2.24, 2.45) is 0 Å². The third-order valence-corrected chi connectivity index (χ3v) is 3.71. The van der Waals surface area contributed by atoms with Crippen LogP contribution in [0.3, 0.4) is 0 Å². The summed E-state index contributed by atoms with van der Waals surface area (Å²) in [5.74, 6) is 2.31. The predicted molar refractivity (Wildman–Crippen MR) is 96.1 cm³/mol. The Morgan fingerprint density at radius 3 is 2.62 bits per heavy atom. The number of aromatic nitrogens is 1. The van der Waals surface area contributed by atoms with E-state index >= 15 is 0 Å². The third-order valence-electron chi connectivity index (χ3n) is 3.39. The highest BCUT2D eigenvalue weighted by Gasteiger charge is 2.05. The van der Waals surface area contributed by atoms with Crippen molar-refractivity contribution in [2.45, 2.75) is 6.92 Å². The van der Waals surface area contributed by atoms with Crippen LogP contribution in [0.2, 0.25) is 5.02 Å². The molecular weight excluding hydrogens is 328 g/mol. The fraction of sp³-hybridized carbons (Fsp3) is 0.167. The largest absolute Gasteiger partial charge is 0.498 e. The predicted octanol–water partition coefficient (Wildman–Crippen LogP) is 2.82. The topological polar surface area (TPSA) is 66.6 Å². The molecule has 0 aliphatic rings. The van der Waals surface area contributed by atoms with Gasteiger partial charge in [0.15, 0.2) is 5.76 Å². The maximum Gasteiger partial charge on any atom is 0.158 e. The van der Waals surface area contributed by atoms with Gasteiger partial charge in [0.05, 0.1) is 30.3 Å². The molecule has 6 heteroatoms. The van der Waals surface area contributed by atoms with Gasteiger partial charge in [-0.3, -0.25) is 4.98 Å². The number of anilines is 1.